The number of halogens is 4. The van der Waals surface area contributed by atoms with Gasteiger partial charge in [-0.15, -0.1) is 11.6 Å². The molecule has 20 heavy (non-hydrogen) atoms. The van der Waals surface area contributed by atoms with Gasteiger partial charge in [-0.1, -0.05) is 38.1 Å². The van der Waals surface area contributed by atoms with Crippen LogP contribution in [0.2, 0.25) is 0 Å². The molecule has 0 radical (unpaired) electrons. The molecular weight excluding hydrogens is 285 g/mol. The molecule has 0 aromatic heterocycles. The molecular formula is C16H14ClF3. The van der Waals surface area contributed by atoms with Crippen molar-refractivity contribution in [2.75, 3.05) is 0 Å². The van der Waals surface area contributed by atoms with Crippen molar-refractivity contribution in [1.82, 2.24) is 0 Å². The lowest BCUT2D eigenvalue weighted by molar-refractivity contribution is 0.526. The largest absolute Gasteiger partial charge is 0.207 e. The van der Waals surface area contributed by atoms with Gasteiger partial charge in [0.25, 0.3) is 0 Å². The lowest BCUT2D eigenvalue weighted by Gasteiger charge is -2.14. The van der Waals surface area contributed by atoms with Crippen molar-refractivity contribution >= 4 is 11.6 Å². The van der Waals surface area contributed by atoms with E-state index >= 15 is 0 Å². The molecule has 1 atom stereocenters. The van der Waals surface area contributed by atoms with Crippen LogP contribution in [0.1, 0.15) is 41.8 Å². The summed E-state index contributed by atoms with van der Waals surface area (Å²) in [6.45, 7) is 4.10. The zero-order valence-electron chi connectivity index (χ0n) is 11.1. The molecule has 2 aromatic rings. The second kappa shape index (κ2) is 5.88. The van der Waals surface area contributed by atoms with Crippen LogP contribution in [0.4, 0.5) is 13.2 Å². The van der Waals surface area contributed by atoms with E-state index in [2.05, 4.69) is 0 Å². The molecule has 0 aliphatic heterocycles. The topological polar surface area (TPSA) is 0 Å². The van der Waals surface area contributed by atoms with Crippen LogP contribution in [0.25, 0.3) is 0 Å². The van der Waals surface area contributed by atoms with E-state index in [1.165, 1.54) is 0 Å². The van der Waals surface area contributed by atoms with Gasteiger partial charge >= 0.3 is 0 Å². The molecule has 0 saturated carbocycles. The first-order chi connectivity index (χ1) is 9.40. The number of hydrogen-bond donors (Lipinski definition) is 0. The first-order valence-electron chi connectivity index (χ1n) is 6.28. The Labute approximate surface area is 121 Å². The Morgan fingerprint density at radius 2 is 1.30 bits per heavy atom. The van der Waals surface area contributed by atoms with Crippen LogP contribution in [-0.4, -0.2) is 0 Å². The highest BCUT2D eigenvalue weighted by molar-refractivity contribution is 6.22. The Hall–Kier alpha value is -1.48. The van der Waals surface area contributed by atoms with Crippen molar-refractivity contribution in [3.05, 3.63) is 70.5 Å². The minimum atomic E-state index is -0.989. The summed E-state index contributed by atoms with van der Waals surface area (Å²) in [5.74, 6) is -2.55. The van der Waals surface area contributed by atoms with Gasteiger partial charge in [-0.2, -0.15) is 0 Å². The van der Waals surface area contributed by atoms with Crippen LogP contribution in [0.3, 0.4) is 0 Å². The van der Waals surface area contributed by atoms with Crippen LogP contribution in [-0.2, 0) is 0 Å². The summed E-state index contributed by atoms with van der Waals surface area (Å²) in [4.78, 5) is 0. The van der Waals surface area contributed by atoms with Crippen molar-refractivity contribution in [2.45, 2.75) is 25.1 Å². The minimum Gasteiger partial charge on any atom is -0.207 e. The maximum absolute atomic E-state index is 13.7. The standard InChI is InChI=1S/C16H14ClF3/c1-9(2)10-3-5-11(6-4-10)16(17)15-13(19)7-12(18)8-14(15)20/h3-9,16H,1-2H3. The van der Waals surface area contributed by atoms with E-state index in [0.717, 1.165) is 5.56 Å². The monoisotopic (exact) mass is 298 g/mol. The Morgan fingerprint density at radius 1 is 0.850 bits per heavy atom. The molecule has 0 bridgehead atoms. The summed E-state index contributed by atoms with van der Waals surface area (Å²) in [5.41, 5.74) is 1.35. The summed E-state index contributed by atoms with van der Waals surface area (Å²) >= 11 is 6.12. The van der Waals surface area contributed by atoms with Crippen molar-refractivity contribution in [2.24, 2.45) is 0 Å². The number of benzene rings is 2. The third kappa shape index (κ3) is 2.98. The highest BCUT2D eigenvalue weighted by atomic mass is 35.5. The molecule has 4 heteroatoms. The van der Waals surface area contributed by atoms with Crippen molar-refractivity contribution in [1.29, 1.82) is 0 Å². The molecule has 0 saturated heterocycles. The van der Waals surface area contributed by atoms with E-state index in [4.69, 9.17) is 11.6 Å². The molecule has 2 aromatic carbocycles. The average Bonchev–Trinajstić information content (AvgIpc) is 2.37. The summed E-state index contributed by atoms with van der Waals surface area (Å²) in [6, 6.07) is 8.47. The predicted molar refractivity (Wildman–Crippen MR) is 74.5 cm³/mol. The minimum absolute atomic E-state index is 0.328. The Kier molecular flexibility index (Phi) is 4.39. The van der Waals surface area contributed by atoms with Crippen LogP contribution >= 0.6 is 11.6 Å². The van der Waals surface area contributed by atoms with Gasteiger partial charge in [0.2, 0.25) is 0 Å². The smallest absolute Gasteiger partial charge is 0.134 e. The van der Waals surface area contributed by atoms with Crippen molar-refractivity contribution in [3.8, 4) is 0 Å². The fourth-order valence-electron chi connectivity index (χ4n) is 2.01. The van der Waals surface area contributed by atoms with Crippen LogP contribution < -0.4 is 0 Å². The average molecular weight is 299 g/mol. The molecule has 2 rings (SSSR count). The maximum atomic E-state index is 13.7. The van der Waals surface area contributed by atoms with Gasteiger partial charge in [-0.25, -0.2) is 13.2 Å². The maximum Gasteiger partial charge on any atom is 0.134 e. The van der Waals surface area contributed by atoms with E-state index in [9.17, 15) is 13.2 Å². The molecule has 0 spiro atoms. The summed E-state index contributed by atoms with van der Waals surface area (Å²) in [7, 11) is 0. The van der Waals surface area contributed by atoms with E-state index in [1.807, 2.05) is 26.0 Å². The number of rotatable bonds is 3. The van der Waals surface area contributed by atoms with E-state index in [1.54, 1.807) is 12.1 Å². The molecule has 0 aliphatic carbocycles. The summed E-state index contributed by atoms with van der Waals surface area (Å²) in [5, 5.41) is -0.989. The SMILES string of the molecule is CC(C)c1ccc(C(Cl)c2c(F)cc(F)cc2F)cc1. The van der Waals surface area contributed by atoms with Crippen LogP contribution in [0, 0.1) is 17.5 Å². The molecule has 0 amide bonds. The van der Waals surface area contributed by atoms with Gasteiger partial charge < -0.3 is 0 Å². The third-order valence-corrected chi connectivity index (χ3v) is 3.66. The van der Waals surface area contributed by atoms with Gasteiger partial charge in [-0.3, -0.25) is 0 Å². The highest BCUT2D eigenvalue weighted by Crippen LogP contribution is 2.33. The molecule has 0 nitrogen and oxygen atoms in total. The summed E-state index contributed by atoms with van der Waals surface area (Å²) < 4.78 is 40.3. The van der Waals surface area contributed by atoms with Crippen molar-refractivity contribution in [3.63, 3.8) is 0 Å². The van der Waals surface area contributed by atoms with Gasteiger partial charge in [-0.05, 0) is 17.0 Å². The second-order valence-corrected chi connectivity index (χ2v) is 5.40. The third-order valence-electron chi connectivity index (χ3n) is 3.19. The Morgan fingerprint density at radius 3 is 1.75 bits per heavy atom. The van der Waals surface area contributed by atoms with Gasteiger partial charge in [0.15, 0.2) is 0 Å². The lowest BCUT2D eigenvalue weighted by Crippen LogP contribution is -2.02. The summed E-state index contributed by atoms with van der Waals surface area (Å²) in [6.07, 6.45) is 0. The Balaban J connectivity index is 2.38. The second-order valence-electron chi connectivity index (χ2n) is 4.97. The number of alkyl halides is 1. The highest BCUT2D eigenvalue weighted by Gasteiger charge is 2.21. The first-order valence-corrected chi connectivity index (χ1v) is 6.72. The quantitative estimate of drug-likeness (QED) is 0.651. The molecule has 0 N–H and O–H groups in total. The predicted octanol–water partition coefficient (Wildman–Crippen LogP) is 5.56. The molecule has 1 unspecified atom stereocenters. The zero-order chi connectivity index (χ0) is 14.9. The molecule has 0 fully saturated rings. The van der Waals surface area contributed by atoms with Gasteiger partial charge in [0.05, 0.1) is 5.38 Å². The van der Waals surface area contributed by atoms with Crippen molar-refractivity contribution < 1.29 is 13.2 Å². The Bertz CT molecular complexity index is 583. The van der Waals surface area contributed by atoms with E-state index < -0.39 is 22.8 Å². The fraction of sp³-hybridized carbons (Fsp3) is 0.250. The molecule has 0 aliphatic rings. The van der Waals surface area contributed by atoms with Gasteiger partial charge in [0.1, 0.15) is 17.5 Å². The molecule has 106 valence electrons. The fourth-order valence-corrected chi connectivity index (χ4v) is 2.37. The van der Waals surface area contributed by atoms with E-state index in [0.29, 0.717) is 23.6 Å². The molecule has 0 heterocycles. The normalized spacial score (nSPS) is 12.8. The van der Waals surface area contributed by atoms with Crippen LogP contribution in [0.15, 0.2) is 36.4 Å². The lowest BCUT2D eigenvalue weighted by atomic mass is 9.98. The number of hydrogen-bond acceptors (Lipinski definition) is 0. The first kappa shape index (κ1) is 14.9. The zero-order valence-corrected chi connectivity index (χ0v) is 11.9. The van der Waals surface area contributed by atoms with E-state index in [-0.39, 0.29) is 5.56 Å². The van der Waals surface area contributed by atoms with Crippen LogP contribution in [0.5, 0.6) is 0 Å². The van der Waals surface area contributed by atoms with Gasteiger partial charge in [0, 0.05) is 17.7 Å².